The third-order valence-corrected chi connectivity index (χ3v) is 7.58. The van der Waals surface area contributed by atoms with E-state index in [1.54, 1.807) is 36.4 Å². The van der Waals surface area contributed by atoms with Crippen LogP contribution in [0.2, 0.25) is 0 Å². The summed E-state index contributed by atoms with van der Waals surface area (Å²) < 4.78 is 27.4. The van der Waals surface area contributed by atoms with Crippen LogP contribution >= 0.6 is 0 Å². The van der Waals surface area contributed by atoms with Crippen molar-refractivity contribution in [2.75, 3.05) is 26.7 Å². The van der Waals surface area contributed by atoms with Gasteiger partial charge in [-0.25, -0.2) is 8.42 Å². The Morgan fingerprint density at radius 3 is 2.23 bits per heavy atom. The first-order chi connectivity index (χ1) is 14.3. The van der Waals surface area contributed by atoms with Crippen molar-refractivity contribution in [2.24, 2.45) is 0 Å². The number of rotatable bonds is 7. The van der Waals surface area contributed by atoms with E-state index in [9.17, 15) is 13.2 Å². The molecule has 2 aromatic carbocycles. The second-order valence-electron chi connectivity index (χ2n) is 7.99. The summed E-state index contributed by atoms with van der Waals surface area (Å²) in [5.41, 5.74) is 2.47. The molecule has 30 heavy (non-hydrogen) atoms. The average Bonchev–Trinajstić information content (AvgIpc) is 2.74. The number of carbonyl (C=O) groups excluding carboxylic acids is 1. The number of amides is 1. The van der Waals surface area contributed by atoms with Crippen LogP contribution in [0.1, 0.15) is 41.3 Å². The smallest absolute Gasteiger partial charge is 0.251 e. The van der Waals surface area contributed by atoms with Gasteiger partial charge in [-0.2, -0.15) is 4.31 Å². The minimum absolute atomic E-state index is 0.0734. The van der Waals surface area contributed by atoms with Crippen molar-refractivity contribution in [1.82, 2.24) is 14.5 Å². The van der Waals surface area contributed by atoms with E-state index in [0.29, 0.717) is 17.0 Å². The Morgan fingerprint density at radius 2 is 1.67 bits per heavy atom. The molecule has 0 unspecified atom stereocenters. The van der Waals surface area contributed by atoms with E-state index in [1.165, 1.54) is 4.31 Å². The van der Waals surface area contributed by atoms with Crippen LogP contribution in [-0.4, -0.2) is 56.3 Å². The lowest BCUT2D eigenvalue weighted by Crippen LogP contribution is -2.43. The molecule has 2 aromatic rings. The van der Waals surface area contributed by atoms with E-state index in [-0.39, 0.29) is 18.5 Å². The Kier molecular flexibility index (Phi) is 7.28. The Hall–Kier alpha value is -2.22. The molecule has 7 heteroatoms. The number of carbonyl (C=O) groups is 1. The number of sulfonamides is 1. The van der Waals surface area contributed by atoms with Gasteiger partial charge in [0.1, 0.15) is 0 Å². The average molecular weight is 430 g/mol. The maximum atomic E-state index is 13.0. The fourth-order valence-corrected chi connectivity index (χ4v) is 5.05. The zero-order valence-electron chi connectivity index (χ0n) is 18.0. The highest BCUT2D eigenvalue weighted by atomic mass is 32.2. The molecule has 3 rings (SSSR count). The molecule has 0 radical (unpaired) electrons. The summed E-state index contributed by atoms with van der Waals surface area (Å²) in [6, 6.07) is 14.3. The molecule has 1 N–H and O–H groups in total. The van der Waals surface area contributed by atoms with E-state index in [1.807, 2.05) is 26.0 Å². The Labute approximate surface area is 179 Å². The molecule has 0 bridgehead atoms. The second-order valence-corrected chi connectivity index (χ2v) is 9.93. The summed E-state index contributed by atoms with van der Waals surface area (Å²) >= 11 is 0. The highest BCUT2D eigenvalue weighted by molar-refractivity contribution is 7.89. The first-order valence-electron chi connectivity index (χ1n) is 10.4. The first-order valence-corrected chi connectivity index (χ1v) is 11.9. The normalized spacial score (nSPS) is 16.0. The molecule has 0 spiro atoms. The quantitative estimate of drug-likeness (QED) is 0.735. The van der Waals surface area contributed by atoms with Crippen LogP contribution in [0, 0.1) is 6.92 Å². The molecular weight excluding hydrogens is 398 g/mol. The lowest BCUT2D eigenvalue weighted by atomic mass is 10.0. The molecule has 0 atom stereocenters. The van der Waals surface area contributed by atoms with Crippen molar-refractivity contribution in [1.29, 1.82) is 0 Å². The van der Waals surface area contributed by atoms with E-state index >= 15 is 0 Å². The van der Waals surface area contributed by atoms with Gasteiger partial charge in [0.25, 0.3) is 5.91 Å². The third-order valence-electron chi connectivity index (χ3n) is 5.64. The van der Waals surface area contributed by atoms with Gasteiger partial charge < -0.3 is 10.2 Å². The van der Waals surface area contributed by atoms with E-state index in [4.69, 9.17) is 0 Å². The molecule has 1 heterocycles. The summed E-state index contributed by atoms with van der Waals surface area (Å²) in [5, 5.41) is 3.11. The van der Waals surface area contributed by atoms with E-state index in [2.05, 4.69) is 17.3 Å². The van der Waals surface area contributed by atoms with Crippen LogP contribution in [0.25, 0.3) is 0 Å². The third kappa shape index (κ3) is 5.47. The number of hydrogen-bond donors (Lipinski definition) is 1. The minimum Gasteiger partial charge on any atom is -0.349 e. The van der Waals surface area contributed by atoms with Gasteiger partial charge in [-0.3, -0.25) is 4.79 Å². The highest BCUT2D eigenvalue weighted by Crippen LogP contribution is 2.19. The lowest BCUT2D eigenvalue weighted by molar-refractivity contribution is 0.0917. The molecule has 162 valence electrons. The molecule has 1 fully saturated rings. The van der Waals surface area contributed by atoms with E-state index in [0.717, 1.165) is 37.1 Å². The molecule has 1 aliphatic rings. The molecule has 0 saturated carbocycles. The molecule has 1 saturated heterocycles. The molecule has 6 nitrogen and oxygen atoms in total. The molecular formula is C23H31N3O3S. The largest absolute Gasteiger partial charge is 0.349 e. The van der Waals surface area contributed by atoms with E-state index < -0.39 is 10.0 Å². The van der Waals surface area contributed by atoms with Gasteiger partial charge in [-0.15, -0.1) is 0 Å². The summed E-state index contributed by atoms with van der Waals surface area (Å²) in [4.78, 5) is 15.1. The summed E-state index contributed by atoms with van der Waals surface area (Å²) in [6.07, 6.45) is 1.92. The van der Waals surface area contributed by atoms with Crippen LogP contribution in [0.4, 0.5) is 0 Å². The topological polar surface area (TPSA) is 69.7 Å². The SMILES string of the molecule is CCN(Cc1ccc(C(=O)NC2CCN(C)CC2)cc1)S(=O)(=O)c1ccc(C)cc1. The van der Waals surface area contributed by atoms with Crippen molar-refractivity contribution in [3.8, 4) is 0 Å². The zero-order chi connectivity index (χ0) is 21.7. The maximum absolute atomic E-state index is 13.0. The van der Waals surface area contributed by atoms with Gasteiger partial charge in [0.05, 0.1) is 4.90 Å². The van der Waals surface area contributed by atoms with Crippen LogP contribution < -0.4 is 5.32 Å². The van der Waals surface area contributed by atoms with Gasteiger partial charge >= 0.3 is 0 Å². The number of hydrogen-bond acceptors (Lipinski definition) is 4. The summed E-state index contributed by atoms with van der Waals surface area (Å²) in [5.74, 6) is -0.0734. The molecule has 1 aliphatic heterocycles. The van der Waals surface area contributed by atoms with Crippen LogP contribution in [0.5, 0.6) is 0 Å². The lowest BCUT2D eigenvalue weighted by Gasteiger charge is -2.29. The first kappa shape index (κ1) is 22.5. The van der Waals surface area contributed by atoms with Crippen LogP contribution in [0.3, 0.4) is 0 Å². The van der Waals surface area contributed by atoms with Crippen molar-refractivity contribution >= 4 is 15.9 Å². The Morgan fingerprint density at radius 1 is 1.07 bits per heavy atom. The van der Waals surface area contributed by atoms with Crippen LogP contribution in [0.15, 0.2) is 53.4 Å². The monoisotopic (exact) mass is 429 g/mol. The minimum atomic E-state index is -3.57. The van der Waals surface area contributed by atoms with Gasteiger partial charge in [-0.05, 0) is 69.7 Å². The highest BCUT2D eigenvalue weighted by Gasteiger charge is 2.23. The fraction of sp³-hybridized carbons (Fsp3) is 0.435. The van der Waals surface area contributed by atoms with Gasteiger partial charge in [0.15, 0.2) is 0 Å². The predicted octanol–water partition coefficient (Wildman–Crippen LogP) is 3.03. The number of nitrogens with one attached hydrogen (secondary N) is 1. The molecule has 0 aromatic heterocycles. The maximum Gasteiger partial charge on any atom is 0.251 e. The van der Waals surface area contributed by atoms with Crippen molar-refractivity contribution in [3.63, 3.8) is 0 Å². The van der Waals surface area contributed by atoms with Gasteiger partial charge in [-0.1, -0.05) is 36.8 Å². The van der Waals surface area contributed by atoms with Crippen LogP contribution in [-0.2, 0) is 16.6 Å². The summed E-state index contributed by atoms with van der Waals surface area (Å²) in [7, 11) is -1.47. The number of piperidine rings is 1. The molecule has 0 aliphatic carbocycles. The fourth-order valence-electron chi connectivity index (χ4n) is 3.61. The van der Waals surface area contributed by atoms with Crippen molar-refractivity contribution < 1.29 is 13.2 Å². The number of nitrogens with zero attached hydrogens (tertiary/aromatic N) is 2. The Balaban J connectivity index is 1.65. The number of likely N-dealkylation sites (tertiary alicyclic amines) is 1. The second kappa shape index (κ2) is 9.73. The van der Waals surface area contributed by atoms with Gasteiger partial charge in [0, 0.05) is 24.7 Å². The number of benzene rings is 2. The van der Waals surface area contributed by atoms with Crippen molar-refractivity contribution in [3.05, 3.63) is 65.2 Å². The molecule has 1 amide bonds. The summed E-state index contributed by atoms with van der Waals surface area (Å²) in [6.45, 7) is 6.38. The predicted molar refractivity (Wildman–Crippen MR) is 119 cm³/mol. The zero-order valence-corrected chi connectivity index (χ0v) is 18.8. The van der Waals surface area contributed by atoms with Crippen molar-refractivity contribution in [2.45, 2.75) is 44.2 Å². The number of aryl methyl sites for hydroxylation is 1. The van der Waals surface area contributed by atoms with Gasteiger partial charge in [0.2, 0.25) is 10.0 Å². The standard InChI is InChI=1S/C23H31N3O3S/c1-4-26(30(28,29)22-11-5-18(2)6-12-22)17-19-7-9-20(10-8-19)23(27)24-21-13-15-25(3)16-14-21/h5-12,21H,4,13-17H2,1-3H3,(H,24,27). The Bertz CT molecular complexity index is 948.